The predicted molar refractivity (Wildman–Crippen MR) is 227 cm³/mol. The Morgan fingerprint density at radius 3 is 0.780 bits per heavy atom. The summed E-state index contributed by atoms with van der Waals surface area (Å²) in [7, 11) is -5.18. The summed E-state index contributed by atoms with van der Waals surface area (Å²) in [6.45, 7) is 11.7. The molecule has 0 aromatic carbocycles. The molecule has 0 amide bonds. The van der Waals surface area contributed by atoms with Gasteiger partial charge in [0.25, 0.3) is 0 Å². The molecule has 0 rings (SSSR count). The van der Waals surface area contributed by atoms with Gasteiger partial charge in [0.2, 0.25) is 10.4 Å². The Hall–Kier alpha value is 0.300. The van der Waals surface area contributed by atoms with Gasteiger partial charge in [0, 0.05) is 7.26 Å². The fraction of sp³-hybridized carbons (Fsp3) is 1.00. The standard InChI is InChI=1S/C32H68P.C12H26O4S/c1-5-9-13-17-18-19-20-21-22-23-24-28-32-33(29-25-14-10-6-2,30-26-15-11-7-3)31-27-16-12-8-4;1-2-3-4-5-6-7-8-9-10-11-12-16-17(13,14)15/h5-32H2,1-4H3;2-12H2,1H3,(H,13,14,15)/q+1;/p-1. The summed E-state index contributed by atoms with van der Waals surface area (Å²) in [5.74, 6) is 0. The molecule has 0 unspecified atom stereocenters. The summed E-state index contributed by atoms with van der Waals surface area (Å²) in [6, 6.07) is 0. The van der Waals surface area contributed by atoms with Crippen molar-refractivity contribution in [1.82, 2.24) is 0 Å². The smallest absolute Gasteiger partial charge is 0.217 e. The SMILES string of the molecule is CCCCCCCCCCCCCC[P+](CCCCCC)(CCCCCC)CCCCCC.CCCCCCCCCCCCOS(=O)(=O)[O-]. The molecule has 0 heterocycles. The van der Waals surface area contributed by atoms with E-state index in [9.17, 15) is 13.0 Å². The van der Waals surface area contributed by atoms with E-state index in [1.165, 1.54) is 173 Å². The number of rotatable bonds is 40. The van der Waals surface area contributed by atoms with Gasteiger partial charge in [-0.05, 0) is 57.8 Å². The van der Waals surface area contributed by atoms with Crippen molar-refractivity contribution in [2.45, 2.75) is 253 Å². The van der Waals surface area contributed by atoms with Crippen LogP contribution in [0.3, 0.4) is 0 Å². The van der Waals surface area contributed by atoms with Crippen molar-refractivity contribution >= 4 is 17.7 Å². The van der Waals surface area contributed by atoms with E-state index in [0.29, 0.717) is 6.42 Å². The van der Waals surface area contributed by atoms with Crippen molar-refractivity contribution in [3.8, 4) is 0 Å². The van der Waals surface area contributed by atoms with Crippen molar-refractivity contribution in [2.24, 2.45) is 0 Å². The van der Waals surface area contributed by atoms with E-state index in [0.717, 1.165) is 12.8 Å². The third-order valence-electron chi connectivity index (χ3n) is 10.7. The number of hydrogen-bond donors (Lipinski definition) is 0. The third-order valence-corrected chi connectivity index (χ3v) is 16.2. The molecule has 6 heteroatoms. The summed E-state index contributed by atoms with van der Waals surface area (Å²) in [6.07, 6.45) is 53.8. The molecule has 50 heavy (non-hydrogen) atoms. The zero-order valence-electron chi connectivity index (χ0n) is 35.1. The van der Waals surface area contributed by atoms with E-state index in [1.54, 1.807) is 50.3 Å². The van der Waals surface area contributed by atoms with Crippen LogP contribution in [0.15, 0.2) is 0 Å². The highest BCUT2D eigenvalue weighted by atomic mass is 32.3. The lowest BCUT2D eigenvalue weighted by Gasteiger charge is -2.28. The van der Waals surface area contributed by atoms with Crippen LogP contribution in [0.1, 0.15) is 253 Å². The first-order valence-corrected chi connectivity index (χ1v) is 26.6. The molecule has 0 atom stereocenters. The Labute approximate surface area is 317 Å². The fourth-order valence-corrected chi connectivity index (χ4v) is 12.6. The molecule has 0 bridgehead atoms. The number of hydrogen-bond acceptors (Lipinski definition) is 4. The Morgan fingerprint density at radius 1 is 0.340 bits per heavy atom. The van der Waals surface area contributed by atoms with E-state index in [4.69, 9.17) is 0 Å². The maximum atomic E-state index is 10.1. The zero-order chi connectivity index (χ0) is 37.3. The Morgan fingerprint density at radius 2 is 0.540 bits per heavy atom. The summed E-state index contributed by atoms with van der Waals surface area (Å²) in [5, 5.41) is 0. The highest BCUT2D eigenvalue weighted by Crippen LogP contribution is 2.61. The molecule has 0 saturated carbocycles. The van der Waals surface area contributed by atoms with E-state index < -0.39 is 17.7 Å². The third kappa shape index (κ3) is 42.7. The molecule has 0 N–H and O–H groups in total. The average molecular weight is 749 g/mol. The monoisotopic (exact) mass is 749 g/mol. The van der Waals surface area contributed by atoms with Crippen LogP contribution in [0, 0.1) is 0 Å². The molecule has 0 aromatic heterocycles. The Bertz CT molecular complexity index is 698. The molecule has 4 nitrogen and oxygen atoms in total. The lowest BCUT2D eigenvalue weighted by atomic mass is 10.1. The zero-order valence-corrected chi connectivity index (χ0v) is 36.8. The summed E-state index contributed by atoms with van der Waals surface area (Å²) >= 11 is 0. The summed E-state index contributed by atoms with van der Waals surface area (Å²) < 4.78 is 34.5. The molecular weight excluding hydrogens is 656 g/mol. The molecule has 0 aliphatic rings. The minimum Gasteiger partial charge on any atom is -0.726 e. The quantitative estimate of drug-likeness (QED) is 0.0271. The number of unbranched alkanes of at least 4 members (excludes halogenated alkanes) is 29. The summed E-state index contributed by atoms with van der Waals surface area (Å²) in [4.78, 5) is 0. The normalized spacial score (nSPS) is 12.0. The van der Waals surface area contributed by atoms with Crippen LogP contribution in [-0.4, -0.2) is 44.2 Å². The largest absolute Gasteiger partial charge is 0.726 e. The first-order valence-electron chi connectivity index (χ1n) is 22.8. The highest BCUT2D eigenvalue weighted by Gasteiger charge is 2.34. The van der Waals surface area contributed by atoms with Gasteiger partial charge < -0.3 is 4.55 Å². The second-order valence-electron chi connectivity index (χ2n) is 15.7. The van der Waals surface area contributed by atoms with Crippen LogP contribution in [0.4, 0.5) is 0 Å². The lowest BCUT2D eigenvalue weighted by molar-refractivity contribution is 0.255. The van der Waals surface area contributed by atoms with Gasteiger partial charge >= 0.3 is 0 Å². The van der Waals surface area contributed by atoms with Crippen molar-refractivity contribution in [3.05, 3.63) is 0 Å². The maximum absolute atomic E-state index is 10.1. The highest BCUT2D eigenvalue weighted by molar-refractivity contribution is 7.80. The van der Waals surface area contributed by atoms with Crippen LogP contribution in [0.2, 0.25) is 0 Å². The van der Waals surface area contributed by atoms with Crippen molar-refractivity contribution in [3.63, 3.8) is 0 Å². The molecule has 0 aliphatic carbocycles. The van der Waals surface area contributed by atoms with Gasteiger partial charge in [-0.3, -0.25) is 4.18 Å². The van der Waals surface area contributed by atoms with Gasteiger partial charge in [-0.25, -0.2) is 8.42 Å². The van der Waals surface area contributed by atoms with Gasteiger partial charge in [0.1, 0.15) is 0 Å². The van der Waals surface area contributed by atoms with Crippen LogP contribution in [0.25, 0.3) is 0 Å². The van der Waals surface area contributed by atoms with Gasteiger partial charge in [-0.15, -0.1) is 0 Å². The van der Waals surface area contributed by atoms with Gasteiger partial charge in [0.05, 0.1) is 31.3 Å². The molecule has 304 valence electrons. The van der Waals surface area contributed by atoms with E-state index in [-0.39, 0.29) is 6.61 Å². The molecule has 0 aliphatic heterocycles. The second-order valence-corrected chi connectivity index (χ2v) is 21.2. The first kappa shape index (κ1) is 52.4. The summed E-state index contributed by atoms with van der Waals surface area (Å²) in [5.41, 5.74) is 0. The molecule has 0 fully saturated rings. The second kappa shape index (κ2) is 42.0. The first-order chi connectivity index (χ1) is 24.3. The van der Waals surface area contributed by atoms with Crippen molar-refractivity contribution in [2.75, 3.05) is 31.3 Å². The van der Waals surface area contributed by atoms with Crippen LogP contribution < -0.4 is 0 Å². The van der Waals surface area contributed by atoms with Crippen LogP contribution in [0.5, 0.6) is 0 Å². The topological polar surface area (TPSA) is 66.4 Å². The van der Waals surface area contributed by atoms with E-state index in [2.05, 4.69) is 38.8 Å². The maximum Gasteiger partial charge on any atom is 0.217 e. The van der Waals surface area contributed by atoms with Crippen molar-refractivity contribution in [1.29, 1.82) is 0 Å². The fourth-order valence-electron chi connectivity index (χ4n) is 7.33. The molecule has 0 aromatic rings. The van der Waals surface area contributed by atoms with E-state index >= 15 is 0 Å². The molecule has 0 saturated heterocycles. The molecule has 0 spiro atoms. The van der Waals surface area contributed by atoms with Gasteiger partial charge in [-0.2, -0.15) is 0 Å². The van der Waals surface area contributed by atoms with Crippen LogP contribution in [-0.2, 0) is 14.6 Å². The Kier molecular flexibility index (Phi) is 44.1. The molecular formula is C44H93O4PS. The van der Waals surface area contributed by atoms with Crippen LogP contribution >= 0.6 is 7.26 Å². The van der Waals surface area contributed by atoms with Crippen molar-refractivity contribution < 1.29 is 17.2 Å². The Balaban J connectivity index is 0. The minimum absolute atomic E-state index is 0.0301. The van der Waals surface area contributed by atoms with Gasteiger partial charge in [0.15, 0.2) is 0 Å². The predicted octanol–water partition coefficient (Wildman–Crippen LogP) is 15.8. The lowest BCUT2D eigenvalue weighted by Crippen LogP contribution is -2.13. The van der Waals surface area contributed by atoms with E-state index in [1.807, 2.05) is 0 Å². The average Bonchev–Trinajstić information content (AvgIpc) is 3.09. The molecule has 0 radical (unpaired) electrons. The minimum atomic E-state index is -4.48. The van der Waals surface area contributed by atoms with Gasteiger partial charge in [-0.1, -0.05) is 195 Å².